The fourth-order valence-corrected chi connectivity index (χ4v) is 4.81. The van der Waals surface area contributed by atoms with Crippen LogP contribution in [0.4, 0.5) is 19.5 Å². The predicted molar refractivity (Wildman–Crippen MR) is 92.9 cm³/mol. The number of aromatic nitrogens is 1. The molecule has 0 aliphatic carbocycles. The minimum atomic E-state index is -4.39. The van der Waals surface area contributed by atoms with E-state index in [1.54, 1.807) is 0 Å². The molecule has 2 aromatic rings. The number of hydrogen-bond acceptors (Lipinski definition) is 5. The number of nitrogens with one attached hydrogen (secondary N) is 1. The summed E-state index contributed by atoms with van der Waals surface area (Å²) in [6.45, 7) is 1.37. The highest BCUT2D eigenvalue weighted by molar-refractivity contribution is 7.92. The summed E-state index contributed by atoms with van der Waals surface area (Å²) < 4.78 is 58.9. The van der Waals surface area contributed by atoms with Crippen LogP contribution in [-0.4, -0.2) is 42.6 Å². The van der Waals surface area contributed by atoms with Crippen LogP contribution in [0.25, 0.3) is 0 Å². The van der Waals surface area contributed by atoms with Crippen LogP contribution in [0.15, 0.2) is 45.9 Å². The zero-order chi connectivity index (χ0) is 19.7. The molecule has 0 bridgehead atoms. The van der Waals surface area contributed by atoms with Gasteiger partial charge < -0.3 is 9.42 Å². The summed E-state index contributed by atoms with van der Waals surface area (Å²) in [6.07, 6.45) is 1.70. The minimum absolute atomic E-state index is 0.158. The van der Waals surface area contributed by atoms with Gasteiger partial charge in [-0.25, -0.2) is 22.0 Å². The van der Waals surface area contributed by atoms with Gasteiger partial charge in [0.25, 0.3) is 0 Å². The number of halogens is 2. The van der Waals surface area contributed by atoms with E-state index in [1.807, 2.05) is 0 Å². The SMILES string of the molecule is CC(F)(C1CCN(C(=O)Nc2ccno2)CC1)S(=O)(=O)c1cccc(F)c1. The molecule has 0 saturated carbocycles. The van der Waals surface area contributed by atoms with Gasteiger partial charge in [0.1, 0.15) is 5.82 Å². The molecule has 27 heavy (non-hydrogen) atoms. The molecule has 1 fully saturated rings. The van der Waals surface area contributed by atoms with E-state index in [2.05, 4.69) is 10.5 Å². The lowest BCUT2D eigenvalue weighted by molar-refractivity contribution is 0.117. The number of rotatable bonds is 4. The molecule has 2 heterocycles. The highest BCUT2D eigenvalue weighted by Gasteiger charge is 2.48. The van der Waals surface area contributed by atoms with E-state index < -0.39 is 37.5 Å². The summed E-state index contributed by atoms with van der Waals surface area (Å²) in [5.74, 6) is -1.38. The second-order valence-corrected chi connectivity index (χ2v) is 8.79. The standard InChI is InChI=1S/C17H19F2N3O4S/c1-17(19,27(24,25)14-4-2-3-13(18)11-14)12-6-9-22(10-7-12)16(23)21-15-5-8-20-26-15/h2-5,8,11-12H,6-7,9-10H2,1H3,(H,21,23). The topological polar surface area (TPSA) is 92.5 Å². The van der Waals surface area contributed by atoms with Crippen molar-refractivity contribution in [3.05, 3.63) is 42.3 Å². The average Bonchev–Trinajstić information content (AvgIpc) is 3.14. The summed E-state index contributed by atoms with van der Waals surface area (Å²) in [5, 5.41) is 3.41. The summed E-state index contributed by atoms with van der Waals surface area (Å²) in [7, 11) is -4.39. The van der Waals surface area contributed by atoms with E-state index in [0.29, 0.717) is 0 Å². The van der Waals surface area contributed by atoms with Crippen LogP contribution in [0, 0.1) is 11.7 Å². The smallest absolute Gasteiger partial charge is 0.324 e. The highest BCUT2D eigenvalue weighted by atomic mass is 32.2. The Balaban J connectivity index is 1.68. The Morgan fingerprint density at radius 3 is 2.63 bits per heavy atom. The first-order chi connectivity index (χ1) is 12.7. The van der Waals surface area contributed by atoms with Crippen LogP contribution < -0.4 is 5.32 Å². The van der Waals surface area contributed by atoms with E-state index in [0.717, 1.165) is 19.1 Å². The van der Waals surface area contributed by atoms with E-state index in [9.17, 15) is 17.6 Å². The second kappa shape index (κ2) is 7.26. The van der Waals surface area contributed by atoms with Crippen molar-refractivity contribution in [2.45, 2.75) is 29.7 Å². The summed E-state index contributed by atoms with van der Waals surface area (Å²) >= 11 is 0. The predicted octanol–water partition coefficient (Wildman–Crippen LogP) is 3.22. The van der Waals surface area contributed by atoms with Gasteiger partial charge in [-0.15, -0.1) is 0 Å². The summed E-state index contributed by atoms with van der Waals surface area (Å²) in [6, 6.07) is 5.37. The molecular weight excluding hydrogens is 380 g/mol. The summed E-state index contributed by atoms with van der Waals surface area (Å²) in [5.41, 5.74) is 0. The molecule has 1 aliphatic rings. The van der Waals surface area contributed by atoms with Crippen molar-refractivity contribution in [3.8, 4) is 0 Å². The zero-order valence-electron chi connectivity index (χ0n) is 14.6. The van der Waals surface area contributed by atoms with Gasteiger partial charge in [0.15, 0.2) is 0 Å². The van der Waals surface area contributed by atoms with E-state index >= 15 is 4.39 Å². The second-order valence-electron chi connectivity index (χ2n) is 6.51. The lowest BCUT2D eigenvalue weighted by atomic mass is 9.92. The van der Waals surface area contributed by atoms with E-state index in [-0.39, 0.29) is 31.8 Å². The van der Waals surface area contributed by atoms with Crippen molar-refractivity contribution in [2.75, 3.05) is 18.4 Å². The average molecular weight is 399 g/mol. The quantitative estimate of drug-likeness (QED) is 0.852. The molecule has 7 nitrogen and oxygen atoms in total. The molecule has 1 unspecified atom stereocenters. The molecule has 1 aromatic heterocycles. The van der Waals surface area contributed by atoms with Crippen molar-refractivity contribution >= 4 is 21.8 Å². The number of nitrogens with zero attached hydrogens (tertiary/aromatic N) is 2. The van der Waals surface area contributed by atoms with Gasteiger partial charge in [0.05, 0.1) is 11.1 Å². The van der Waals surface area contributed by atoms with Gasteiger partial charge in [-0.2, -0.15) is 0 Å². The first kappa shape index (κ1) is 19.3. The fourth-order valence-electron chi connectivity index (χ4n) is 3.15. The minimum Gasteiger partial charge on any atom is -0.338 e. The number of amides is 2. The van der Waals surface area contributed by atoms with Crippen molar-refractivity contribution < 1.29 is 26.5 Å². The van der Waals surface area contributed by atoms with Crippen LogP contribution in [0.1, 0.15) is 19.8 Å². The number of benzene rings is 1. The largest absolute Gasteiger partial charge is 0.338 e. The molecule has 0 spiro atoms. The Hall–Kier alpha value is -2.49. The van der Waals surface area contributed by atoms with Crippen molar-refractivity contribution in [1.82, 2.24) is 10.1 Å². The van der Waals surface area contributed by atoms with Crippen LogP contribution in [0.2, 0.25) is 0 Å². The number of likely N-dealkylation sites (tertiary alicyclic amines) is 1. The molecule has 146 valence electrons. The number of carbonyl (C=O) groups excluding carboxylic acids is 1. The van der Waals surface area contributed by atoms with Gasteiger partial charge in [-0.3, -0.25) is 5.32 Å². The Bertz CT molecular complexity index is 908. The third-order valence-corrected chi connectivity index (χ3v) is 7.07. The summed E-state index contributed by atoms with van der Waals surface area (Å²) in [4.78, 5) is 13.2. The lowest BCUT2D eigenvalue weighted by Gasteiger charge is -2.37. The van der Waals surface area contributed by atoms with Gasteiger partial charge in [0, 0.05) is 25.1 Å². The van der Waals surface area contributed by atoms with Crippen LogP contribution in [0.3, 0.4) is 0 Å². The van der Waals surface area contributed by atoms with Crippen molar-refractivity contribution in [2.24, 2.45) is 5.92 Å². The number of sulfone groups is 1. The Kier molecular flexibility index (Phi) is 5.18. The number of piperidine rings is 1. The molecule has 1 N–H and O–H groups in total. The molecule has 3 rings (SSSR count). The normalized spacial score (nSPS) is 18.1. The molecule has 1 aliphatic heterocycles. The van der Waals surface area contributed by atoms with Crippen LogP contribution in [0.5, 0.6) is 0 Å². The first-order valence-corrected chi connectivity index (χ1v) is 9.86. The third kappa shape index (κ3) is 3.80. The van der Waals surface area contributed by atoms with Gasteiger partial charge in [-0.05, 0) is 38.0 Å². The molecule has 10 heteroatoms. The molecule has 1 aromatic carbocycles. The van der Waals surface area contributed by atoms with Gasteiger partial charge in [0.2, 0.25) is 20.7 Å². The number of urea groups is 1. The molecule has 2 amide bonds. The Morgan fingerprint density at radius 2 is 2.04 bits per heavy atom. The number of anilines is 1. The number of hydrogen-bond donors (Lipinski definition) is 1. The molecule has 1 saturated heterocycles. The van der Waals surface area contributed by atoms with Crippen LogP contribution in [-0.2, 0) is 9.84 Å². The Morgan fingerprint density at radius 1 is 1.33 bits per heavy atom. The number of carbonyl (C=O) groups is 1. The van der Waals surface area contributed by atoms with Gasteiger partial charge in [-0.1, -0.05) is 11.2 Å². The van der Waals surface area contributed by atoms with E-state index in [1.165, 1.54) is 29.3 Å². The first-order valence-electron chi connectivity index (χ1n) is 8.37. The molecule has 0 radical (unpaired) electrons. The lowest BCUT2D eigenvalue weighted by Crippen LogP contribution is -2.47. The monoisotopic (exact) mass is 399 g/mol. The maximum absolute atomic E-state index is 15.4. The maximum Gasteiger partial charge on any atom is 0.324 e. The van der Waals surface area contributed by atoms with Gasteiger partial charge >= 0.3 is 6.03 Å². The zero-order valence-corrected chi connectivity index (χ0v) is 15.4. The third-order valence-electron chi connectivity index (χ3n) is 4.81. The van der Waals surface area contributed by atoms with E-state index in [4.69, 9.17) is 4.52 Å². The van der Waals surface area contributed by atoms with Crippen molar-refractivity contribution in [1.29, 1.82) is 0 Å². The fraction of sp³-hybridized carbons (Fsp3) is 0.412. The number of alkyl halides is 1. The molecular formula is C17H19F2N3O4S. The molecule has 1 atom stereocenters. The van der Waals surface area contributed by atoms with Crippen molar-refractivity contribution in [3.63, 3.8) is 0 Å². The van der Waals surface area contributed by atoms with Crippen LogP contribution >= 0.6 is 0 Å². The maximum atomic E-state index is 15.4. The Labute approximate surface area is 155 Å². The highest BCUT2D eigenvalue weighted by Crippen LogP contribution is 2.39.